The van der Waals surface area contributed by atoms with Crippen LogP contribution >= 0.6 is 0 Å². The number of anilines is 2. The fourth-order valence-corrected chi connectivity index (χ4v) is 4.25. The monoisotopic (exact) mass is 447 g/mol. The van der Waals surface area contributed by atoms with Gasteiger partial charge in [0.2, 0.25) is 5.95 Å². The molecule has 0 unspecified atom stereocenters. The van der Waals surface area contributed by atoms with E-state index < -0.39 is 5.69 Å². The van der Waals surface area contributed by atoms with Gasteiger partial charge in [0, 0.05) is 39.0 Å². The molecule has 0 spiro atoms. The fourth-order valence-electron chi connectivity index (χ4n) is 4.25. The van der Waals surface area contributed by atoms with Gasteiger partial charge in [-0.25, -0.2) is 4.79 Å². The molecule has 1 aliphatic heterocycles. The molecule has 9 nitrogen and oxygen atoms in total. The van der Waals surface area contributed by atoms with Crippen molar-refractivity contribution in [2.75, 3.05) is 18.1 Å². The minimum absolute atomic E-state index is 0.0874. The Balaban J connectivity index is 1.53. The molecule has 0 saturated heterocycles. The zero-order valence-corrected chi connectivity index (χ0v) is 18.3. The number of fused-ring (bicyclic) bond motifs is 3. The SMILES string of the molecule is Cn1c(=O)n(CCCO)c(=O)c2c1nc1n2CCCN1c1ccc(Oc2ccccc2)cc1. The van der Waals surface area contributed by atoms with Crippen molar-refractivity contribution in [2.45, 2.75) is 25.9 Å². The van der Waals surface area contributed by atoms with Gasteiger partial charge in [0.15, 0.2) is 11.2 Å². The van der Waals surface area contributed by atoms with Gasteiger partial charge in [0.1, 0.15) is 11.5 Å². The topological polar surface area (TPSA) is 94.5 Å². The van der Waals surface area contributed by atoms with Gasteiger partial charge in [-0.3, -0.25) is 13.9 Å². The van der Waals surface area contributed by atoms with Crippen molar-refractivity contribution in [3.05, 3.63) is 75.4 Å². The first-order chi connectivity index (χ1) is 16.1. The van der Waals surface area contributed by atoms with Crippen molar-refractivity contribution < 1.29 is 9.84 Å². The zero-order chi connectivity index (χ0) is 22.9. The summed E-state index contributed by atoms with van der Waals surface area (Å²) in [6.45, 7) is 1.47. The number of imidazole rings is 1. The van der Waals surface area contributed by atoms with Crippen molar-refractivity contribution in [1.29, 1.82) is 0 Å². The van der Waals surface area contributed by atoms with Gasteiger partial charge < -0.3 is 19.3 Å². The van der Waals surface area contributed by atoms with E-state index in [0.717, 1.165) is 30.2 Å². The quantitative estimate of drug-likeness (QED) is 0.488. The first kappa shape index (κ1) is 21.0. The highest BCUT2D eigenvalue weighted by molar-refractivity contribution is 5.77. The number of ether oxygens (including phenoxy) is 1. The molecule has 1 aliphatic rings. The van der Waals surface area contributed by atoms with Crippen LogP contribution < -0.4 is 20.9 Å². The predicted octanol–water partition coefficient (Wildman–Crippen LogP) is 2.61. The maximum absolute atomic E-state index is 13.2. The summed E-state index contributed by atoms with van der Waals surface area (Å²) in [4.78, 5) is 32.7. The Morgan fingerprint density at radius 2 is 1.73 bits per heavy atom. The highest BCUT2D eigenvalue weighted by atomic mass is 16.5. The van der Waals surface area contributed by atoms with Crippen molar-refractivity contribution in [1.82, 2.24) is 18.7 Å². The first-order valence-corrected chi connectivity index (χ1v) is 11.0. The lowest BCUT2D eigenvalue weighted by molar-refractivity contribution is 0.277. The second kappa shape index (κ2) is 8.59. The van der Waals surface area contributed by atoms with Gasteiger partial charge in [-0.05, 0) is 49.2 Å². The van der Waals surface area contributed by atoms with Gasteiger partial charge in [-0.1, -0.05) is 18.2 Å². The third-order valence-corrected chi connectivity index (χ3v) is 5.88. The van der Waals surface area contributed by atoms with Crippen LogP contribution in [0.15, 0.2) is 64.2 Å². The number of nitrogens with zero attached hydrogens (tertiary/aromatic N) is 5. The van der Waals surface area contributed by atoms with Crippen LogP contribution in [0.1, 0.15) is 12.8 Å². The predicted molar refractivity (Wildman–Crippen MR) is 126 cm³/mol. The molecule has 9 heteroatoms. The van der Waals surface area contributed by atoms with Crippen LogP contribution in [0.5, 0.6) is 11.5 Å². The first-order valence-electron chi connectivity index (χ1n) is 11.0. The van der Waals surface area contributed by atoms with E-state index in [2.05, 4.69) is 4.90 Å². The summed E-state index contributed by atoms with van der Waals surface area (Å²) in [5.41, 5.74) is 0.923. The molecular formula is C24H25N5O4. The fraction of sp³-hybridized carbons (Fsp3) is 0.292. The molecule has 33 heavy (non-hydrogen) atoms. The van der Waals surface area contributed by atoms with Gasteiger partial charge in [0.25, 0.3) is 5.56 Å². The Bertz CT molecular complexity index is 1400. The van der Waals surface area contributed by atoms with Crippen molar-refractivity contribution in [3.8, 4) is 11.5 Å². The molecule has 170 valence electrons. The molecule has 0 saturated carbocycles. The van der Waals surface area contributed by atoms with E-state index in [9.17, 15) is 9.59 Å². The molecule has 0 atom stereocenters. The van der Waals surface area contributed by atoms with E-state index in [4.69, 9.17) is 14.8 Å². The number of hydrogen-bond donors (Lipinski definition) is 1. The van der Waals surface area contributed by atoms with E-state index in [-0.39, 0.29) is 18.7 Å². The molecule has 4 aromatic rings. The standard InChI is InChI=1S/C24H25N5O4/c1-26-21-20(22(31)29(24(26)32)15-6-16-30)28-14-5-13-27(23(28)25-21)17-9-11-19(12-10-17)33-18-7-3-2-4-8-18/h2-4,7-12,30H,5-6,13-16H2,1H3. The zero-order valence-electron chi connectivity index (χ0n) is 18.3. The molecule has 0 amide bonds. The number of benzene rings is 2. The van der Waals surface area contributed by atoms with Crippen molar-refractivity contribution in [3.63, 3.8) is 0 Å². The number of hydrogen-bond acceptors (Lipinski definition) is 6. The van der Waals surface area contributed by atoms with Crippen LogP contribution in [-0.4, -0.2) is 36.9 Å². The van der Waals surface area contributed by atoms with Crippen LogP contribution in [0.4, 0.5) is 11.6 Å². The average Bonchev–Trinajstić information content (AvgIpc) is 3.24. The van der Waals surface area contributed by atoms with E-state index in [1.807, 2.05) is 59.2 Å². The van der Waals surface area contributed by atoms with Gasteiger partial charge in [0.05, 0.1) is 0 Å². The second-order valence-corrected chi connectivity index (χ2v) is 8.03. The number of rotatable bonds is 6. The number of aliphatic hydroxyl groups excluding tert-OH is 1. The number of aryl methyl sites for hydroxylation is 2. The molecular weight excluding hydrogens is 422 g/mol. The van der Waals surface area contributed by atoms with Gasteiger partial charge in [-0.15, -0.1) is 0 Å². The lowest BCUT2D eigenvalue weighted by Crippen LogP contribution is -2.40. The number of aromatic nitrogens is 4. The third-order valence-electron chi connectivity index (χ3n) is 5.88. The van der Waals surface area contributed by atoms with Gasteiger partial charge >= 0.3 is 5.69 Å². The molecule has 0 fully saturated rings. The van der Waals surface area contributed by atoms with Crippen LogP contribution in [0.25, 0.3) is 11.2 Å². The van der Waals surface area contributed by atoms with Crippen LogP contribution in [-0.2, 0) is 20.1 Å². The smallest absolute Gasteiger partial charge is 0.332 e. The minimum Gasteiger partial charge on any atom is -0.457 e. The maximum Gasteiger partial charge on any atom is 0.332 e. The van der Waals surface area contributed by atoms with Crippen LogP contribution in [0, 0.1) is 0 Å². The largest absolute Gasteiger partial charge is 0.457 e. The summed E-state index contributed by atoms with van der Waals surface area (Å²) in [5.74, 6) is 2.13. The molecule has 2 aromatic carbocycles. The molecule has 0 bridgehead atoms. The normalized spacial score (nSPS) is 13.3. The maximum atomic E-state index is 13.2. The Hall–Kier alpha value is -3.85. The van der Waals surface area contributed by atoms with E-state index in [0.29, 0.717) is 30.1 Å². The lowest BCUT2D eigenvalue weighted by Gasteiger charge is -2.29. The van der Waals surface area contributed by atoms with E-state index in [1.165, 1.54) is 9.13 Å². The average molecular weight is 447 g/mol. The van der Waals surface area contributed by atoms with Crippen LogP contribution in [0.2, 0.25) is 0 Å². The van der Waals surface area contributed by atoms with E-state index in [1.54, 1.807) is 7.05 Å². The Morgan fingerprint density at radius 1 is 1.00 bits per heavy atom. The molecule has 3 heterocycles. The number of aliphatic hydroxyl groups is 1. The lowest BCUT2D eigenvalue weighted by atomic mass is 10.2. The summed E-state index contributed by atoms with van der Waals surface area (Å²) in [5, 5.41) is 9.15. The summed E-state index contributed by atoms with van der Waals surface area (Å²) in [6, 6.07) is 17.3. The van der Waals surface area contributed by atoms with Crippen molar-refractivity contribution >= 4 is 22.8 Å². The molecule has 1 N–H and O–H groups in total. The van der Waals surface area contributed by atoms with Gasteiger partial charge in [-0.2, -0.15) is 4.98 Å². The minimum atomic E-state index is -0.426. The summed E-state index contributed by atoms with van der Waals surface area (Å²) >= 11 is 0. The Labute approximate surface area is 189 Å². The number of para-hydroxylation sites is 1. The summed E-state index contributed by atoms with van der Waals surface area (Å²) < 4.78 is 10.4. The summed E-state index contributed by atoms with van der Waals surface area (Å²) in [6.07, 6.45) is 1.17. The van der Waals surface area contributed by atoms with E-state index >= 15 is 0 Å². The highest BCUT2D eigenvalue weighted by Crippen LogP contribution is 2.32. The molecule has 2 aromatic heterocycles. The highest BCUT2D eigenvalue weighted by Gasteiger charge is 2.27. The summed E-state index contributed by atoms with van der Waals surface area (Å²) in [7, 11) is 1.62. The molecule has 0 aliphatic carbocycles. The Kier molecular flexibility index (Phi) is 5.47. The van der Waals surface area contributed by atoms with Crippen LogP contribution in [0.3, 0.4) is 0 Å². The molecule has 0 radical (unpaired) electrons. The Morgan fingerprint density at radius 3 is 2.45 bits per heavy atom. The second-order valence-electron chi connectivity index (χ2n) is 8.03. The van der Waals surface area contributed by atoms with Crippen molar-refractivity contribution in [2.24, 2.45) is 7.05 Å². The molecule has 5 rings (SSSR count). The third kappa shape index (κ3) is 3.70.